The second kappa shape index (κ2) is 17.8. The average molecular weight is 903 g/mol. The first-order chi connectivity index (χ1) is 31.7. The van der Waals surface area contributed by atoms with Gasteiger partial charge in [0.15, 0.2) is 0 Å². The molecule has 0 bridgehead atoms. The summed E-state index contributed by atoms with van der Waals surface area (Å²) in [7, 11) is -2.95. The van der Waals surface area contributed by atoms with Gasteiger partial charge in [-0.1, -0.05) is 109 Å². The lowest BCUT2D eigenvalue weighted by Gasteiger charge is -2.22. The van der Waals surface area contributed by atoms with Crippen LogP contribution in [0.1, 0.15) is 87.0 Å². The Morgan fingerprint density at radius 2 is 1.32 bits per heavy atom. The molecule has 338 valence electrons. The fourth-order valence-electron chi connectivity index (χ4n) is 9.89. The van der Waals surface area contributed by atoms with Crippen molar-refractivity contribution in [1.29, 1.82) is 0 Å². The molecule has 0 radical (unpaired) electrons. The molecule has 0 spiro atoms. The Hall–Kier alpha value is -6.92. The average Bonchev–Trinajstić information content (AvgIpc) is 3.76. The highest BCUT2D eigenvalue weighted by molar-refractivity contribution is 7.90. The number of hydrogen-bond donors (Lipinski definition) is 3. The maximum atomic E-state index is 14.8. The van der Waals surface area contributed by atoms with Gasteiger partial charge in [-0.15, -0.1) is 0 Å². The summed E-state index contributed by atoms with van der Waals surface area (Å²) < 4.78 is 49.7. The van der Waals surface area contributed by atoms with Gasteiger partial charge in [0.1, 0.15) is 30.0 Å². The van der Waals surface area contributed by atoms with Gasteiger partial charge in [-0.3, -0.25) is 0 Å². The molecule has 12 heteroatoms. The molecule has 2 aliphatic carbocycles. The van der Waals surface area contributed by atoms with Gasteiger partial charge >= 0.3 is 12.1 Å². The molecule has 1 amide bonds. The van der Waals surface area contributed by atoms with Crippen LogP contribution in [-0.4, -0.2) is 51.8 Å². The zero-order valence-corrected chi connectivity index (χ0v) is 38.8. The zero-order chi connectivity index (χ0) is 46.3. The molecule has 6 aromatic carbocycles. The van der Waals surface area contributed by atoms with E-state index in [-0.39, 0.29) is 29.8 Å². The first kappa shape index (κ1) is 44.3. The lowest BCUT2D eigenvalue weighted by atomic mass is 9.94. The second-order valence-corrected chi connectivity index (χ2v) is 19.6. The number of fused-ring (bicyclic) bond motifs is 6. The molecule has 11 nitrogen and oxygen atoms in total. The molecular formula is C54H54N4O7S. The van der Waals surface area contributed by atoms with Crippen LogP contribution < -0.4 is 20.1 Å². The Bertz CT molecular complexity index is 2920. The van der Waals surface area contributed by atoms with Gasteiger partial charge in [-0.25, -0.2) is 27.7 Å². The lowest BCUT2D eigenvalue weighted by Crippen LogP contribution is -2.43. The summed E-state index contributed by atoms with van der Waals surface area (Å²) in [5.41, 5.74) is 12.4. The normalized spacial score (nSPS) is 15.5. The predicted molar refractivity (Wildman–Crippen MR) is 257 cm³/mol. The highest BCUT2D eigenvalue weighted by atomic mass is 32.2. The number of nitrogens with one attached hydrogen (secondary N) is 3. The van der Waals surface area contributed by atoms with Gasteiger partial charge in [0, 0.05) is 30.0 Å². The number of anilines is 1. The molecule has 0 saturated carbocycles. The van der Waals surface area contributed by atoms with Crippen LogP contribution in [0.2, 0.25) is 0 Å². The summed E-state index contributed by atoms with van der Waals surface area (Å²) in [4.78, 5) is 31.8. The Balaban J connectivity index is 0.986. The largest absolute Gasteiger partial charge is 0.487 e. The van der Waals surface area contributed by atoms with Crippen LogP contribution in [0.25, 0.3) is 11.1 Å². The highest BCUT2D eigenvalue weighted by Gasteiger charge is 2.37. The predicted octanol–water partition coefficient (Wildman–Crippen LogP) is 9.58. The van der Waals surface area contributed by atoms with Gasteiger partial charge in [0.05, 0.1) is 12.0 Å². The van der Waals surface area contributed by atoms with Crippen LogP contribution in [0.4, 0.5) is 10.5 Å². The van der Waals surface area contributed by atoms with Crippen molar-refractivity contribution >= 4 is 33.7 Å². The summed E-state index contributed by atoms with van der Waals surface area (Å²) in [6, 6.07) is 38.1. The maximum Gasteiger partial charge on any atom is 0.407 e. The third-order valence-corrected chi connectivity index (χ3v) is 14.8. The van der Waals surface area contributed by atoms with Crippen molar-refractivity contribution in [3.63, 3.8) is 0 Å². The number of aliphatic imine (C=N–C) groups is 1. The van der Waals surface area contributed by atoms with Crippen molar-refractivity contribution < 1.29 is 32.2 Å². The highest BCUT2D eigenvalue weighted by Crippen LogP contribution is 2.46. The van der Waals surface area contributed by atoms with Crippen molar-refractivity contribution in [3.05, 3.63) is 183 Å². The van der Waals surface area contributed by atoms with Crippen molar-refractivity contribution in [3.8, 4) is 16.9 Å². The van der Waals surface area contributed by atoms with E-state index in [0.29, 0.717) is 28.8 Å². The summed E-state index contributed by atoms with van der Waals surface area (Å²) in [6.45, 7) is 9.67. The number of rotatable bonds is 10. The van der Waals surface area contributed by atoms with Crippen molar-refractivity contribution in [2.75, 3.05) is 19.0 Å². The molecule has 1 aliphatic heterocycles. The summed E-state index contributed by atoms with van der Waals surface area (Å²) >= 11 is 0. The van der Waals surface area contributed by atoms with E-state index in [1.54, 1.807) is 24.3 Å². The fourth-order valence-corrected chi connectivity index (χ4v) is 11.4. The van der Waals surface area contributed by atoms with Gasteiger partial charge in [-0.2, -0.15) is 0 Å². The number of ether oxygens (including phenoxy) is 3. The molecule has 3 N–H and O–H groups in total. The zero-order valence-electron chi connectivity index (χ0n) is 38.0. The van der Waals surface area contributed by atoms with Crippen molar-refractivity contribution in [2.45, 2.75) is 88.8 Å². The Morgan fingerprint density at radius 3 is 1.91 bits per heavy atom. The minimum atomic E-state index is -4.23. The van der Waals surface area contributed by atoms with Crippen molar-refractivity contribution in [2.24, 2.45) is 4.99 Å². The van der Waals surface area contributed by atoms with Gasteiger partial charge in [-0.05, 0) is 126 Å². The maximum absolute atomic E-state index is 14.8. The van der Waals surface area contributed by atoms with E-state index in [1.807, 2.05) is 95.3 Å². The number of carbonyl (C=O) groups is 2. The molecule has 1 heterocycles. The van der Waals surface area contributed by atoms with E-state index < -0.39 is 39.8 Å². The molecule has 3 aliphatic rings. The smallest absolute Gasteiger partial charge is 0.407 e. The Kier molecular flexibility index (Phi) is 12.0. The van der Waals surface area contributed by atoms with Crippen LogP contribution in [0.3, 0.4) is 0 Å². The summed E-state index contributed by atoms with van der Waals surface area (Å²) in [5.74, 6) is 0.0195. The van der Waals surface area contributed by atoms with E-state index in [1.165, 1.54) is 7.11 Å². The number of aryl methyl sites for hydroxylation is 2. The number of amides is 1. The first-order valence-electron chi connectivity index (χ1n) is 22.3. The van der Waals surface area contributed by atoms with Crippen molar-refractivity contribution in [1.82, 2.24) is 10.0 Å². The molecular weight excluding hydrogens is 849 g/mol. The molecule has 9 rings (SSSR count). The number of alkyl carbamates (subject to hydrolysis) is 1. The van der Waals surface area contributed by atoms with Crippen LogP contribution in [-0.2, 0) is 50.0 Å². The number of esters is 1. The third-order valence-electron chi connectivity index (χ3n) is 13.2. The SMILES string of the molecule is COC(=O)[C@H](Cc1ccc(NC(=NC2c3ccccc3CCc3ccccc32)NS(=O)(=O)c2c(C)c(C)c3c(c2C)CC(C)(C)O3)cc1)NC(=O)OCC1c2ccccc2-c2ccccc21. The molecule has 66 heavy (non-hydrogen) atoms. The third kappa shape index (κ3) is 8.65. The number of carbonyl (C=O) groups excluding carboxylic acids is 2. The van der Waals surface area contributed by atoms with E-state index >= 15 is 0 Å². The quantitative estimate of drug-likeness (QED) is 0.0701. The molecule has 0 fully saturated rings. The topological polar surface area (TPSA) is 144 Å². The second-order valence-electron chi connectivity index (χ2n) is 18.0. The number of methoxy groups -OCH3 is 1. The fraction of sp³-hybridized carbons (Fsp3) is 0.278. The van der Waals surface area contributed by atoms with E-state index in [0.717, 1.165) is 74.2 Å². The van der Waals surface area contributed by atoms with Gasteiger partial charge in [0.25, 0.3) is 10.0 Å². The first-order valence-corrected chi connectivity index (χ1v) is 23.8. The number of hydrogen-bond acceptors (Lipinski definition) is 8. The number of sulfonamides is 1. The monoisotopic (exact) mass is 902 g/mol. The van der Waals surface area contributed by atoms with E-state index in [2.05, 4.69) is 51.8 Å². The summed E-state index contributed by atoms with van der Waals surface area (Å²) in [5, 5.41) is 6.03. The van der Waals surface area contributed by atoms with E-state index in [4.69, 9.17) is 19.2 Å². The van der Waals surface area contributed by atoms with Gasteiger partial charge in [0.2, 0.25) is 5.96 Å². The van der Waals surface area contributed by atoms with Crippen LogP contribution in [0.5, 0.6) is 5.75 Å². The van der Waals surface area contributed by atoms with Crippen LogP contribution >= 0.6 is 0 Å². The molecule has 0 unspecified atom stereocenters. The minimum absolute atomic E-state index is 0.0390. The number of guanidine groups is 1. The standard InChI is InChI=1S/C54H54N4O7S/c1-32-33(2)50(34(3)45-30-54(4,5)65-49(32)45)66(61,62)58-52(57-48-39-17-9-7-15-36(39)25-26-37-16-8-10-18-40(37)48)55-38-27-23-35(24-28-38)29-47(51(59)63-6)56-53(60)64-31-46-43-21-13-11-19-41(43)42-20-12-14-22-44(42)46/h7-24,27-28,46-48H,25-26,29-31H2,1-6H3,(H,56,60)(H2,55,57,58)/t47-/m0/s1. The summed E-state index contributed by atoms with van der Waals surface area (Å²) in [6.07, 6.45) is 1.60. The molecule has 0 saturated heterocycles. The number of nitrogens with zero attached hydrogens (tertiary/aromatic N) is 1. The Morgan fingerprint density at radius 1 is 0.758 bits per heavy atom. The molecule has 0 aromatic heterocycles. The molecule has 6 aromatic rings. The minimum Gasteiger partial charge on any atom is -0.487 e. The molecule has 1 atom stereocenters. The van der Waals surface area contributed by atoms with Crippen LogP contribution in [0.15, 0.2) is 131 Å². The lowest BCUT2D eigenvalue weighted by molar-refractivity contribution is -0.143. The van der Waals surface area contributed by atoms with E-state index in [9.17, 15) is 18.0 Å². The Labute approximate surface area is 386 Å². The number of benzene rings is 6. The van der Waals surface area contributed by atoms with Crippen LogP contribution in [0, 0.1) is 20.8 Å². The van der Waals surface area contributed by atoms with Gasteiger partial charge < -0.3 is 24.8 Å².